The van der Waals surface area contributed by atoms with Gasteiger partial charge >= 0.3 is 6.03 Å². The van der Waals surface area contributed by atoms with Gasteiger partial charge in [0.1, 0.15) is 11.6 Å². The molecule has 1 N–H and O–H groups in total. The normalized spacial score (nSPS) is 16.7. The van der Waals surface area contributed by atoms with Gasteiger partial charge in [-0.05, 0) is 62.1 Å². The van der Waals surface area contributed by atoms with E-state index in [1.54, 1.807) is 12.1 Å². The minimum absolute atomic E-state index is 0.00755. The number of urea groups is 1. The summed E-state index contributed by atoms with van der Waals surface area (Å²) in [6.07, 6.45) is 5.74. The minimum Gasteiger partial charge on any atom is -0.494 e. The van der Waals surface area contributed by atoms with Crippen LogP contribution < -0.4 is 10.1 Å². The Kier molecular flexibility index (Phi) is 6.15. The molecule has 1 aromatic carbocycles. The first-order valence-electron chi connectivity index (χ1n) is 9.19. The maximum atomic E-state index is 12.8. The highest BCUT2D eigenvalue weighted by molar-refractivity contribution is 5.75. The smallest absolute Gasteiger partial charge is 0.317 e. The number of nitrogens with one attached hydrogen (secondary N) is 1. The van der Waals surface area contributed by atoms with E-state index in [4.69, 9.17) is 4.74 Å². The molecule has 1 aliphatic heterocycles. The summed E-state index contributed by atoms with van der Waals surface area (Å²) in [5, 5.41) is 3.01. The summed E-state index contributed by atoms with van der Waals surface area (Å²) in [7, 11) is 2.02. The van der Waals surface area contributed by atoms with Crippen LogP contribution >= 0.6 is 0 Å². The molecule has 2 heterocycles. The molecule has 5 nitrogen and oxygen atoms in total. The van der Waals surface area contributed by atoms with Gasteiger partial charge < -0.3 is 19.5 Å². The highest BCUT2D eigenvalue weighted by atomic mass is 19.1. The van der Waals surface area contributed by atoms with Crippen molar-refractivity contribution in [1.29, 1.82) is 0 Å². The summed E-state index contributed by atoms with van der Waals surface area (Å²) < 4.78 is 20.5. The lowest BCUT2D eigenvalue weighted by Gasteiger charge is -2.25. The van der Waals surface area contributed by atoms with Crippen LogP contribution in [0.1, 0.15) is 37.4 Å². The number of rotatable bonds is 7. The number of likely N-dealkylation sites (tertiary alicyclic amines) is 1. The van der Waals surface area contributed by atoms with Gasteiger partial charge in [0, 0.05) is 32.0 Å². The summed E-state index contributed by atoms with van der Waals surface area (Å²) >= 11 is 0. The lowest BCUT2D eigenvalue weighted by Crippen LogP contribution is -2.40. The average molecular weight is 359 g/mol. The van der Waals surface area contributed by atoms with E-state index in [2.05, 4.69) is 16.0 Å². The van der Waals surface area contributed by atoms with Crippen molar-refractivity contribution in [1.82, 2.24) is 14.8 Å². The number of hydrogen-bond acceptors (Lipinski definition) is 2. The Morgan fingerprint density at radius 2 is 2.08 bits per heavy atom. The lowest BCUT2D eigenvalue weighted by atomic mass is 10.1. The van der Waals surface area contributed by atoms with Crippen molar-refractivity contribution in [3.63, 3.8) is 0 Å². The lowest BCUT2D eigenvalue weighted by molar-refractivity contribution is 0.191. The van der Waals surface area contributed by atoms with Gasteiger partial charge in [-0.1, -0.05) is 0 Å². The maximum absolute atomic E-state index is 12.8. The van der Waals surface area contributed by atoms with E-state index in [0.29, 0.717) is 18.9 Å². The molecular formula is C20H26FN3O2. The fourth-order valence-corrected chi connectivity index (χ4v) is 3.38. The molecule has 1 unspecified atom stereocenters. The van der Waals surface area contributed by atoms with Gasteiger partial charge in [-0.15, -0.1) is 0 Å². The van der Waals surface area contributed by atoms with Crippen LogP contribution in [-0.4, -0.2) is 35.2 Å². The molecule has 6 heteroatoms. The highest BCUT2D eigenvalue weighted by Gasteiger charge is 2.30. The van der Waals surface area contributed by atoms with Gasteiger partial charge in [-0.3, -0.25) is 0 Å². The third-order valence-corrected chi connectivity index (χ3v) is 4.77. The zero-order valence-corrected chi connectivity index (χ0v) is 15.2. The topological polar surface area (TPSA) is 46.5 Å². The number of ether oxygens (including phenoxy) is 1. The second kappa shape index (κ2) is 8.74. The highest BCUT2D eigenvalue weighted by Crippen LogP contribution is 2.31. The molecule has 1 atom stereocenters. The van der Waals surface area contributed by atoms with Crippen LogP contribution in [0, 0.1) is 5.82 Å². The number of hydrogen-bond donors (Lipinski definition) is 1. The van der Waals surface area contributed by atoms with Gasteiger partial charge in [-0.2, -0.15) is 0 Å². The Morgan fingerprint density at radius 3 is 2.81 bits per heavy atom. The van der Waals surface area contributed by atoms with Crippen molar-refractivity contribution in [2.24, 2.45) is 7.05 Å². The van der Waals surface area contributed by atoms with Crippen LogP contribution in [0.25, 0.3) is 0 Å². The van der Waals surface area contributed by atoms with Crippen molar-refractivity contribution in [3.8, 4) is 5.75 Å². The number of aryl methyl sites for hydroxylation is 1. The average Bonchev–Trinajstić information content (AvgIpc) is 3.27. The first-order valence-corrected chi connectivity index (χ1v) is 9.19. The summed E-state index contributed by atoms with van der Waals surface area (Å²) in [6.45, 7) is 1.98. The van der Waals surface area contributed by atoms with E-state index in [0.717, 1.165) is 32.2 Å². The molecule has 1 saturated heterocycles. The molecule has 1 fully saturated rings. The molecule has 0 saturated carbocycles. The number of unbranched alkanes of at least 4 members (excludes halogenated alkanes) is 1. The number of halogens is 1. The van der Waals surface area contributed by atoms with Crippen LogP contribution in [0.15, 0.2) is 42.6 Å². The van der Waals surface area contributed by atoms with E-state index in [-0.39, 0.29) is 17.9 Å². The number of carbonyl (C=O) groups is 1. The third-order valence-electron chi connectivity index (χ3n) is 4.77. The summed E-state index contributed by atoms with van der Waals surface area (Å²) in [5.41, 5.74) is 1.19. The molecule has 0 aliphatic carbocycles. The third kappa shape index (κ3) is 4.56. The molecule has 2 amide bonds. The molecular weight excluding hydrogens is 333 g/mol. The number of amides is 2. The fourth-order valence-electron chi connectivity index (χ4n) is 3.38. The van der Waals surface area contributed by atoms with Crippen LogP contribution in [0.5, 0.6) is 5.75 Å². The van der Waals surface area contributed by atoms with E-state index >= 15 is 0 Å². The molecule has 1 aromatic heterocycles. The van der Waals surface area contributed by atoms with Gasteiger partial charge in [0.2, 0.25) is 0 Å². The molecule has 3 rings (SSSR count). The van der Waals surface area contributed by atoms with E-state index < -0.39 is 0 Å². The number of carbonyl (C=O) groups excluding carboxylic acids is 1. The molecule has 0 radical (unpaired) electrons. The predicted octanol–water partition coefficient (Wildman–Crippen LogP) is 3.87. The second-order valence-corrected chi connectivity index (χ2v) is 6.64. The summed E-state index contributed by atoms with van der Waals surface area (Å²) in [5.74, 6) is 0.397. The Hall–Kier alpha value is -2.50. The number of benzene rings is 1. The van der Waals surface area contributed by atoms with Crippen molar-refractivity contribution < 1.29 is 13.9 Å². The zero-order valence-electron chi connectivity index (χ0n) is 15.2. The van der Waals surface area contributed by atoms with Crippen molar-refractivity contribution >= 4 is 6.03 Å². The Bertz CT molecular complexity index is 714. The van der Waals surface area contributed by atoms with E-state index in [9.17, 15) is 9.18 Å². The number of nitrogens with zero attached hydrogens (tertiary/aromatic N) is 2. The fraction of sp³-hybridized carbons (Fsp3) is 0.450. The quantitative estimate of drug-likeness (QED) is 0.763. The van der Waals surface area contributed by atoms with Crippen LogP contribution in [0.2, 0.25) is 0 Å². The zero-order chi connectivity index (χ0) is 18.4. The van der Waals surface area contributed by atoms with Gasteiger partial charge in [0.15, 0.2) is 0 Å². The molecule has 26 heavy (non-hydrogen) atoms. The Morgan fingerprint density at radius 1 is 1.27 bits per heavy atom. The summed E-state index contributed by atoms with van der Waals surface area (Å²) in [6, 6.07) is 10.3. The molecule has 0 bridgehead atoms. The first kappa shape index (κ1) is 18.3. The van der Waals surface area contributed by atoms with Gasteiger partial charge in [0.25, 0.3) is 0 Å². The van der Waals surface area contributed by atoms with Gasteiger partial charge in [0.05, 0.1) is 12.6 Å². The van der Waals surface area contributed by atoms with E-state index in [1.807, 2.05) is 24.2 Å². The van der Waals surface area contributed by atoms with Crippen LogP contribution in [0.3, 0.4) is 0 Å². The summed E-state index contributed by atoms with van der Waals surface area (Å²) in [4.78, 5) is 14.4. The van der Waals surface area contributed by atoms with Crippen molar-refractivity contribution in [3.05, 3.63) is 54.1 Å². The molecule has 0 spiro atoms. The Labute approximate surface area is 153 Å². The van der Waals surface area contributed by atoms with E-state index in [1.165, 1.54) is 17.8 Å². The van der Waals surface area contributed by atoms with Crippen molar-refractivity contribution in [2.75, 3.05) is 19.7 Å². The standard InChI is InChI=1S/C20H26FN3O2/c1-23-13-4-6-18(23)19-7-5-14-24(19)20(25)22-12-2-3-15-26-17-10-8-16(21)9-11-17/h4,6,8-11,13,19H,2-3,5,7,12,14-15H2,1H3,(H,22,25). The predicted molar refractivity (Wildman–Crippen MR) is 98.6 cm³/mol. The molecule has 140 valence electrons. The largest absolute Gasteiger partial charge is 0.494 e. The number of aromatic nitrogens is 1. The maximum Gasteiger partial charge on any atom is 0.317 e. The van der Waals surface area contributed by atoms with Crippen LogP contribution in [0.4, 0.5) is 9.18 Å². The minimum atomic E-state index is -0.268. The molecule has 2 aromatic rings. The SMILES string of the molecule is Cn1cccc1C1CCCN1C(=O)NCCCCOc1ccc(F)cc1. The Balaban J connectivity index is 1.36. The monoisotopic (exact) mass is 359 g/mol. The van der Waals surface area contributed by atoms with Crippen LogP contribution in [-0.2, 0) is 7.05 Å². The molecule has 1 aliphatic rings. The van der Waals surface area contributed by atoms with Gasteiger partial charge in [-0.25, -0.2) is 9.18 Å². The van der Waals surface area contributed by atoms with Crippen molar-refractivity contribution in [2.45, 2.75) is 31.7 Å². The first-order chi connectivity index (χ1) is 12.6. The second-order valence-electron chi connectivity index (χ2n) is 6.64.